The lowest BCUT2D eigenvalue weighted by Crippen LogP contribution is -2.40. The molecule has 0 radical (unpaired) electrons. The molecule has 1 saturated carbocycles. The molecule has 0 amide bonds. The van der Waals surface area contributed by atoms with Crippen LogP contribution in [-0.4, -0.2) is 48.1 Å². The van der Waals surface area contributed by atoms with Crippen LogP contribution in [0.1, 0.15) is 36.1 Å². The first-order valence-corrected chi connectivity index (χ1v) is 9.23. The summed E-state index contributed by atoms with van der Waals surface area (Å²) in [7, 11) is 0. The first-order valence-electron chi connectivity index (χ1n) is 8.42. The van der Waals surface area contributed by atoms with Crippen LogP contribution in [0.4, 0.5) is 0 Å². The average molecular weight is 449 g/mol. The molecule has 0 aromatic carbocycles. The maximum atomic E-state index is 4.65. The van der Waals surface area contributed by atoms with Gasteiger partial charge in [0.1, 0.15) is 5.01 Å². The first kappa shape index (κ1) is 18.9. The van der Waals surface area contributed by atoms with E-state index >= 15 is 0 Å². The number of thiazole rings is 1. The normalized spacial score (nSPS) is 22.0. The van der Waals surface area contributed by atoms with Gasteiger partial charge in [-0.25, -0.2) is 9.98 Å². The summed E-state index contributed by atoms with van der Waals surface area (Å²) in [5, 5.41) is 7.92. The summed E-state index contributed by atoms with van der Waals surface area (Å²) in [4.78, 5) is 12.9. The zero-order chi connectivity index (χ0) is 15.4. The molecule has 1 aliphatic heterocycles. The Morgan fingerprint density at radius 2 is 2.22 bits per heavy atom. The summed E-state index contributed by atoms with van der Waals surface area (Å²) in [5.74, 6) is 1.67. The van der Waals surface area contributed by atoms with Crippen LogP contribution >= 0.6 is 35.3 Å². The van der Waals surface area contributed by atoms with Crippen LogP contribution in [0.5, 0.6) is 0 Å². The van der Waals surface area contributed by atoms with Crippen LogP contribution in [0.15, 0.2) is 11.2 Å². The van der Waals surface area contributed by atoms with Crippen LogP contribution in [0.3, 0.4) is 0 Å². The fraction of sp³-hybridized carbons (Fsp3) is 0.750. The average Bonchev–Trinajstić information content (AvgIpc) is 3.11. The minimum Gasteiger partial charge on any atom is -0.357 e. The lowest BCUT2D eigenvalue weighted by molar-refractivity contribution is 0.314. The Kier molecular flexibility index (Phi) is 7.55. The number of aromatic nitrogens is 1. The van der Waals surface area contributed by atoms with E-state index in [-0.39, 0.29) is 24.0 Å². The second-order valence-electron chi connectivity index (χ2n) is 6.32. The summed E-state index contributed by atoms with van der Waals surface area (Å²) >= 11 is 1.72. The van der Waals surface area contributed by atoms with Gasteiger partial charge in [-0.3, -0.25) is 0 Å². The van der Waals surface area contributed by atoms with Crippen molar-refractivity contribution in [2.24, 2.45) is 10.9 Å². The molecular weight excluding hydrogens is 421 g/mol. The van der Waals surface area contributed by atoms with E-state index in [1.807, 2.05) is 6.20 Å². The standard InChI is InChI=1S/C16H27N5S.HI/c1-3-17-16(20-10-15-18-8-12(2)22-15)19-9-13-6-7-21(11-13)14-4-5-14;/h8,13-14H,3-7,9-11H2,1-2H3,(H2,17,19,20);1H. The van der Waals surface area contributed by atoms with Crippen molar-refractivity contribution >= 4 is 41.3 Å². The highest BCUT2D eigenvalue weighted by molar-refractivity contribution is 14.0. The van der Waals surface area contributed by atoms with Crippen molar-refractivity contribution in [1.82, 2.24) is 20.5 Å². The van der Waals surface area contributed by atoms with E-state index in [0.29, 0.717) is 6.54 Å². The highest BCUT2D eigenvalue weighted by Gasteiger charge is 2.34. The van der Waals surface area contributed by atoms with Crippen molar-refractivity contribution < 1.29 is 0 Å². The molecule has 1 atom stereocenters. The number of nitrogens with zero attached hydrogens (tertiary/aromatic N) is 3. The number of hydrogen-bond donors (Lipinski definition) is 2. The molecule has 1 saturated heterocycles. The number of nitrogens with one attached hydrogen (secondary N) is 2. The third kappa shape index (κ3) is 5.86. The SMILES string of the molecule is CCNC(=NCc1ncc(C)s1)NCC1CCN(C2CC2)C1.I. The minimum atomic E-state index is 0. The van der Waals surface area contributed by atoms with Gasteiger partial charge in [-0.05, 0) is 45.6 Å². The molecule has 3 rings (SSSR count). The number of aliphatic imine (C=N–C) groups is 1. The lowest BCUT2D eigenvalue weighted by Gasteiger charge is -2.16. The summed E-state index contributed by atoms with van der Waals surface area (Å²) in [6, 6.07) is 0.903. The summed E-state index contributed by atoms with van der Waals surface area (Å²) < 4.78 is 0. The molecule has 1 aromatic rings. The highest BCUT2D eigenvalue weighted by Crippen LogP contribution is 2.31. The van der Waals surface area contributed by atoms with Gasteiger partial charge in [0.2, 0.25) is 0 Å². The van der Waals surface area contributed by atoms with E-state index in [1.54, 1.807) is 11.3 Å². The van der Waals surface area contributed by atoms with Gasteiger partial charge in [0.15, 0.2) is 5.96 Å². The second-order valence-corrected chi connectivity index (χ2v) is 7.64. The monoisotopic (exact) mass is 449 g/mol. The van der Waals surface area contributed by atoms with E-state index < -0.39 is 0 Å². The van der Waals surface area contributed by atoms with E-state index in [0.717, 1.165) is 36.0 Å². The van der Waals surface area contributed by atoms with Crippen molar-refractivity contribution in [1.29, 1.82) is 0 Å². The summed E-state index contributed by atoms with van der Waals surface area (Å²) in [6.07, 6.45) is 6.06. The third-order valence-corrected chi connectivity index (χ3v) is 5.22. The van der Waals surface area contributed by atoms with Crippen molar-refractivity contribution in [3.63, 3.8) is 0 Å². The van der Waals surface area contributed by atoms with Gasteiger partial charge in [-0.2, -0.15) is 0 Å². The molecule has 130 valence electrons. The van der Waals surface area contributed by atoms with Gasteiger partial charge in [0, 0.05) is 36.8 Å². The fourth-order valence-corrected chi connectivity index (χ4v) is 3.72. The number of aryl methyl sites for hydroxylation is 1. The van der Waals surface area contributed by atoms with Crippen molar-refractivity contribution in [2.75, 3.05) is 26.2 Å². The molecule has 2 fully saturated rings. The number of guanidine groups is 1. The maximum Gasteiger partial charge on any atom is 0.191 e. The van der Waals surface area contributed by atoms with Gasteiger partial charge in [-0.15, -0.1) is 35.3 Å². The summed E-state index contributed by atoms with van der Waals surface area (Å²) in [6.45, 7) is 9.29. The predicted octanol–water partition coefficient (Wildman–Crippen LogP) is 2.61. The number of rotatable bonds is 6. The Morgan fingerprint density at radius 1 is 1.39 bits per heavy atom. The van der Waals surface area contributed by atoms with Crippen LogP contribution in [-0.2, 0) is 6.54 Å². The van der Waals surface area contributed by atoms with Gasteiger partial charge in [0.25, 0.3) is 0 Å². The molecule has 1 unspecified atom stereocenters. The summed E-state index contributed by atoms with van der Waals surface area (Å²) in [5.41, 5.74) is 0. The van der Waals surface area contributed by atoms with Crippen molar-refractivity contribution in [3.05, 3.63) is 16.1 Å². The van der Waals surface area contributed by atoms with Crippen LogP contribution in [0.2, 0.25) is 0 Å². The zero-order valence-corrected chi connectivity index (χ0v) is 17.2. The van der Waals surface area contributed by atoms with E-state index in [4.69, 9.17) is 0 Å². The lowest BCUT2D eigenvalue weighted by atomic mass is 10.1. The van der Waals surface area contributed by atoms with Crippen LogP contribution in [0.25, 0.3) is 0 Å². The zero-order valence-electron chi connectivity index (χ0n) is 14.0. The quantitative estimate of drug-likeness (QED) is 0.399. The molecule has 7 heteroatoms. The van der Waals surface area contributed by atoms with Crippen molar-refractivity contribution in [3.8, 4) is 0 Å². The molecule has 2 aliphatic rings. The molecule has 0 bridgehead atoms. The highest BCUT2D eigenvalue weighted by atomic mass is 127. The number of halogens is 1. The molecule has 23 heavy (non-hydrogen) atoms. The van der Waals surface area contributed by atoms with E-state index in [2.05, 4.69) is 39.4 Å². The van der Waals surface area contributed by atoms with E-state index in [9.17, 15) is 0 Å². The Hall–Kier alpha value is -0.410. The molecule has 2 N–H and O–H groups in total. The largest absolute Gasteiger partial charge is 0.357 e. The van der Waals surface area contributed by atoms with Gasteiger partial charge in [0.05, 0.1) is 6.54 Å². The molecular formula is C16H28IN5S. The third-order valence-electron chi connectivity index (χ3n) is 4.32. The van der Waals surface area contributed by atoms with Crippen molar-refractivity contribution in [2.45, 2.75) is 45.7 Å². The Labute approximate surface area is 160 Å². The van der Waals surface area contributed by atoms with Gasteiger partial charge >= 0.3 is 0 Å². The molecule has 1 aliphatic carbocycles. The Morgan fingerprint density at radius 3 is 2.87 bits per heavy atom. The number of likely N-dealkylation sites (tertiary alicyclic amines) is 1. The van der Waals surface area contributed by atoms with Gasteiger partial charge in [-0.1, -0.05) is 0 Å². The predicted molar refractivity (Wildman–Crippen MR) is 108 cm³/mol. The first-order chi connectivity index (χ1) is 10.7. The smallest absolute Gasteiger partial charge is 0.191 e. The Balaban J connectivity index is 0.00000192. The maximum absolute atomic E-state index is 4.65. The molecule has 1 aromatic heterocycles. The molecule has 5 nitrogen and oxygen atoms in total. The van der Waals surface area contributed by atoms with Crippen LogP contribution in [0, 0.1) is 12.8 Å². The number of hydrogen-bond acceptors (Lipinski definition) is 4. The molecule has 2 heterocycles. The van der Waals surface area contributed by atoms with Crippen LogP contribution < -0.4 is 10.6 Å². The minimum absolute atomic E-state index is 0. The van der Waals surface area contributed by atoms with Gasteiger partial charge < -0.3 is 15.5 Å². The van der Waals surface area contributed by atoms with E-state index in [1.165, 1.54) is 37.2 Å². The topological polar surface area (TPSA) is 52.6 Å². The Bertz CT molecular complexity index is 514. The second kappa shape index (κ2) is 9.17. The molecule has 0 spiro atoms. The fourth-order valence-electron chi connectivity index (χ4n) is 3.00.